The average Bonchev–Trinajstić information content (AvgIpc) is 3.30. The summed E-state index contributed by atoms with van der Waals surface area (Å²) in [5.41, 5.74) is 1.67. The summed E-state index contributed by atoms with van der Waals surface area (Å²) in [5, 5.41) is 14.0. The van der Waals surface area contributed by atoms with E-state index in [4.69, 9.17) is 0 Å². The highest BCUT2D eigenvalue weighted by Gasteiger charge is 2.39. The number of anilines is 1. The molecule has 1 aromatic carbocycles. The van der Waals surface area contributed by atoms with E-state index in [1.165, 1.54) is 0 Å². The molecule has 0 spiro atoms. The highest BCUT2D eigenvalue weighted by atomic mass is 16.3. The highest BCUT2D eigenvalue weighted by molar-refractivity contribution is 5.83. The van der Waals surface area contributed by atoms with Gasteiger partial charge in [-0.1, -0.05) is 18.2 Å². The fourth-order valence-corrected chi connectivity index (χ4v) is 3.17. The zero-order valence-corrected chi connectivity index (χ0v) is 12.3. The number of pyridine rings is 1. The molecule has 1 aliphatic carbocycles. The van der Waals surface area contributed by atoms with Crippen LogP contribution in [-0.2, 0) is 11.4 Å². The third kappa shape index (κ3) is 2.41. The molecule has 5 heteroatoms. The van der Waals surface area contributed by atoms with E-state index in [-0.39, 0.29) is 18.6 Å². The number of rotatable bonds is 4. The lowest BCUT2D eigenvalue weighted by Gasteiger charge is -2.18. The second-order valence-electron chi connectivity index (χ2n) is 6.17. The maximum absolute atomic E-state index is 12.0. The Balaban J connectivity index is 1.59. The molecule has 2 heterocycles. The van der Waals surface area contributed by atoms with Crippen LogP contribution in [0.5, 0.6) is 0 Å². The Morgan fingerprint density at radius 2 is 2.14 bits per heavy atom. The normalized spacial score (nSPS) is 21.6. The number of fused-ring (bicyclic) bond motifs is 1. The Morgan fingerprint density at radius 1 is 1.32 bits per heavy atom. The Labute approximate surface area is 129 Å². The van der Waals surface area contributed by atoms with Crippen molar-refractivity contribution in [1.29, 1.82) is 0 Å². The molecule has 2 aromatic rings. The minimum Gasteiger partial charge on any atom is -0.392 e. The quantitative estimate of drug-likeness (QED) is 0.904. The predicted molar refractivity (Wildman–Crippen MR) is 84.4 cm³/mol. The third-order valence-electron chi connectivity index (χ3n) is 4.46. The second-order valence-corrected chi connectivity index (χ2v) is 6.17. The Kier molecular flexibility index (Phi) is 3.22. The van der Waals surface area contributed by atoms with E-state index in [1.54, 1.807) is 0 Å². The monoisotopic (exact) mass is 297 g/mol. The van der Waals surface area contributed by atoms with E-state index in [0.29, 0.717) is 18.3 Å². The van der Waals surface area contributed by atoms with Crippen molar-refractivity contribution >= 4 is 22.6 Å². The molecule has 1 saturated carbocycles. The maximum Gasteiger partial charge on any atom is 0.225 e. The van der Waals surface area contributed by atoms with E-state index in [9.17, 15) is 9.90 Å². The van der Waals surface area contributed by atoms with Crippen LogP contribution >= 0.6 is 0 Å². The molecule has 5 nitrogen and oxygen atoms in total. The summed E-state index contributed by atoms with van der Waals surface area (Å²) in [7, 11) is 0. The number of hydrogen-bond acceptors (Lipinski definition) is 4. The number of nitrogens with one attached hydrogen (secondary N) is 1. The lowest BCUT2D eigenvalue weighted by molar-refractivity contribution is -0.128. The first-order chi connectivity index (χ1) is 10.7. The van der Waals surface area contributed by atoms with E-state index < -0.39 is 0 Å². The second kappa shape index (κ2) is 5.25. The molecule has 114 valence electrons. The van der Waals surface area contributed by atoms with Crippen LogP contribution in [0, 0.1) is 0 Å². The fraction of sp³-hybridized carbons (Fsp3) is 0.412. The predicted octanol–water partition coefficient (Wildman–Crippen LogP) is 1.90. The van der Waals surface area contributed by atoms with Gasteiger partial charge in [-0.3, -0.25) is 4.79 Å². The Morgan fingerprint density at radius 3 is 2.91 bits per heavy atom. The first kappa shape index (κ1) is 13.5. The molecule has 1 unspecified atom stereocenters. The molecule has 1 saturated heterocycles. The summed E-state index contributed by atoms with van der Waals surface area (Å²) in [6, 6.07) is 10.3. The number of nitrogens with zero attached hydrogens (tertiary/aromatic N) is 2. The van der Waals surface area contributed by atoms with Crippen LogP contribution in [0.25, 0.3) is 10.9 Å². The van der Waals surface area contributed by atoms with Gasteiger partial charge in [0.05, 0.1) is 18.2 Å². The van der Waals surface area contributed by atoms with Gasteiger partial charge in [0.2, 0.25) is 5.91 Å². The van der Waals surface area contributed by atoms with Crippen LogP contribution in [0.2, 0.25) is 0 Å². The first-order valence-electron chi connectivity index (χ1n) is 7.80. The van der Waals surface area contributed by atoms with Crippen LogP contribution < -0.4 is 5.32 Å². The molecule has 0 radical (unpaired) electrons. The topological polar surface area (TPSA) is 65.5 Å². The van der Waals surface area contributed by atoms with Gasteiger partial charge in [-0.2, -0.15) is 0 Å². The van der Waals surface area contributed by atoms with Crippen LogP contribution in [-0.4, -0.2) is 39.5 Å². The van der Waals surface area contributed by atoms with Crippen molar-refractivity contribution in [2.24, 2.45) is 0 Å². The summed E-state index contributed by atoms with van der Waals surface area (Å²) >= 11 is 0. The van der Waals surface area contributed by atoms with Crippen molar-refractivity contribution < 1.29 is 9.90 Å². The van der Waals surface area contributed by atoms with Crippen molar-refractivity contribution in [3.63, 3.8) is 0 Å². The molecular formula is C17H19N3O2. The number of aliphatic hydroxyl groups is 1. The molecule has 1 aromatic heterocycles. The van der Waals surface area contributed by atoms with E-state index in [1.807, 2.05) is 35.2 Å². The SMILES string of the molecule is O=C1CC(Nc2nc3ccccc3cc2CO)CN1C1CC1. The smallest absolute Gasteiger partial charge is 0.225 e. The summed E-state index contributed by atoms with van der Waals surface area (Å²) in [4.78, 5) is 18.6. The zero-order chi connectivity index (χ0) is 15.1. The number of likely N-dealkylation sites (tertiary alicyclic amines) is 1. The number of aromatic nitrogens is 1. The largest absolute Gasteiger partial charge is 0.392 e. The molecule has 2 N–H and O–H groups in total. The van der Waals surface area contributed by atoms with Gasteiger partial charge in [-0.15, -0.1) is 0 Å². The molecule has 22 heavy (non-hydrogen) atoms. The van der Waals surface area contributed by atoms with Crippen LogP contribution in [0.15, 0.2) is 30.3 Å². The van der Waals surface area contributed by atoms with Gasteiger partial charge in [-0.05, 0) is 25.0 Å². The van der Waals surface area contributed by atoms with Gasteiger partial charge in [0.1, 0.15) is 5.82 Å². The lowest BCUT2D eigenvalue weighted by atomic mass is 10.1. The van der Waals surface area contributed by atoms with E-state index in [0.717, 1.165) is 35.9 Å². The van der Waals surface area contributed by atoms with Crippen LogP contribution in [0.3, 0.4) is 0 Å². The van der Waals surface area contributed by atoms with Gasteiger partial charge >= 0.3 is 0 Å². The van der Waals surface area contributed by atoms with Crippen molar-refractivity contribution in [3.05, 3.63) is 35.9 Å². The Hall–Kier alpha value is -2.14. The number of carbonyl (C=O) groups excluding carboxylic acids is 1. The Bertz CT molecular complexity index is 727. The molecule has 0 bridgehead atoms. The van der Waals surface area contributed by atoms with Crippen LogP contribution in [0.4, 0.5) is 5.82 Å². The molecule has 1 amide bonds. The number of benzene rings is 1. The number of carbonyl (C=O) groups is 1. The van der Waals surface area contributed by atoms with E-state index in [2.05, 4.69) is 10.3 Å². The van der Waals surface area contributed by atoms with Gasteiger partial charge in [0.25, 0.3) is 0 Å². The van der Waals surface area contributed by atoms with Crippen molar-refractivity contribution in [2.75, 3.05) is 11.9 Å². The summed E-state index contributed by atoms with van der Waals surface area (Å²) < 4.78 is 0. The fourth-order valence-electron chi connectivity index (χ4n) is 3.17. The van der Waals surface area contributed by atoms with E-state index >= 15 is 0 Å². The maximum atomic E-state index is 12.0. The zero-order valence-electron chi connectivity index (χ0n) is 12.3. The van der Waals surface area contributed by atoms with Gasteiger partial charge in [0, 0.05) is 30.0 Å². The van der Waals surface area contributed by atoms with Gasteiger partial charge < -0.3 is 15.3 Å². The molecular weight excluding hydrogens is 278 g/mol. The summed E-state index contributed by atoms with van der Waals surface area (Å²) in [6.45, 7) is 0.677. The molecule has 4 rings (SSSR count). The molecule has 1 atom stereocenters. The van der Waals surface area contributed by atoms with Gasteiger partial charge in [0.15, 0.2) is 0 Å². The number of para-hydroxylation sites is 1. The molecule has 1 aliphatic heterocycles. The number of aliphatic hydroxyl groups excluding tert-OH is 1. The number of hydrogen-bond donors (Lipinski definition) is 2. The summed E-state index contributed by atoms with van der Waals surface area (Å²) in [5.74, 6) is 0.919. The highest BCUT2D eigenvalue weighted by Crippen LogP contribution is 2.32. The number of amides is 1. The third-order valence-corrected chi connectivity index (χ3v) is 4.46. The van der Waals surface area contributed by atoms with Gasteiger partial charge in [-0.25, -0.2) is 4.98 Å². The average molecular weight is 297 g/mol. The lowest BCUT2D eigenvalue weighted by Crippen LogP contribution is -2.30. The van der Waals surface area contributed by atoms with Crippen molar-refractivity contribution in [1.82, 2.24) is 9.88 Å². The minimum atomic E-state index is -0.0623. The molecule has 2 aliphatic rings. The van der Waals surface area contributed by atoms with Crippen LogP contribution in [0.1, 0.15) is 24.8 Å². The summed E-state index contributed by atoms with van der Waals surface area (Å²) in [6.07, 6.45) is 2.78. The minimum absolute atomic E-state index is 0.0623. The van der Waals surface area contributed by atoms with Crippen molar-refractivity contribution in [3.8, 4) is 0 Å². The first-order valence-corrected chi connectivity index (χ1v) is 7.80. The van der Waals surface area contributed by atoms with Crippen molar-refractivity contribution in [2.45, 2.75) is 38.0 Å². The standard InChI is InChI=1S/C17H19N3O2/c21-10-12-7-11-3-1-2-4-15(11)19-17(12)18-13-8-16(22)20(9-13)14-5-6-14/h1-4,7,13-14,21H,5-6,8-10H2,(H,18,19). The molecule has 2 fully saturated rings.